The van der Waals surface area contributed by atoms with Crippen molar-refractivity contribution in [1.82, 2.24) is 4.98 Å². The third kappa shape index (κ3) is 3.85. The van der Waals surface area contributed by atoms with Crippen LogP contribution in [0.4, 0.5) is 0 Å². The molecular weight excluding hydrogens is 370 g/mol. The molecule has 0 N–H and O–H groups in total. The molecule has 1 aliphatic rings. The lowest BCUT2D eigenvalue weighted by Gasteiger charge is -2.21. The van der Waals surface area contributed by atoms with Gasteiger partial charge in [-0.15, -0.1) is 11.3 Å². The molecule has 0 bridgehead atoms. The van der Waals surface area contributed by atoms with Crippen LogP contribution in [0.2, 0.25) is 0 Å². The van der Waals surface area contributed by atoms with E-state index in [0.717, 1.165) is 21.0 Å². The Morgan fingerprint density at radius 3 is 2.75 bits per heavy atom. The summed E-state index contributed by atoms with van der Waals surface area (Å²) in [4.78, 5) is 17.8. The molecule has 2 aromatic carbocycles. The van der Waals surface area contributed by atoms with E-state index in [1.54, 1.807) is 18.3 Å². The van der Waals surface area contributed by atoms with E-state index in [1.165, 1.54) is 5.56 Å². The largest absolute Gasteiger partial charge is 0.466 e. The number of fused-ring (bicyclic) bond motifs is 1. The van der Waals surface area contributed by atoms with Gasteiger partial charge in [-0.2, -0.15) is 0 Å². The summed E-state index contributed by atoms with van der Waals surface area (Å²) in [6.45, 7) is 4.22. The molecular formula is C23H21NO3S. The predicted molar refractivity (Wildman–Crippen MR) is 111 cm³/mol. The number of carbonyl (C=O) groups is 1. The fourth-order valence-electron chi connectivity index (χ4n) is 3.27. The summed E-state index contributed by atoms with van der Waals surface area (Å²) in [5.74, 6) is 0.877. The van der Waals surface area contributed by atoms with E-state index in [0.29, 0.717) is 18.2 Å². The van der Waals surface area contributed by atoms with Crippen LogP contribution in [0.1, 0.15) is 35.3 Å². The minimum absolute atomic E-state index is 0.00503. The zero-order valence-electron chi connectivity index (χ0n) is 15.8. The van der Waals surface area contributed by atoms with Gasteiger partial charge < -0.3 is 9.47 Å². The molecule has 0 saturated carbocycles. The van der Waals surface area contributed by atoms with Gasteiger partial charge in [-0.05, 0) is 31.6 Å². The zero-order valence-corrected chi connectivity index (χ0v) is 16.7. The number of allylic oxidation sites excluding steroid dienone is 1. The molecule has 0 aliphatic carbocycles. The van der Waals surface area contributed by atoms with Crippen molar-refractivity contribution in [2.75, 3.05) is 6.61 Å². The van der Waals surface area contributed by atoms with Crippen molar-refractivity contribution in [3.8, 4) is 16.5 Å². The lowest BCUT2D eigenvalue weighted by Crippen LogP contribution is -2.14. The van der Waals surface area contributed by atoms with E-state index in [-0.39, 0.29) is 18.3 Å². The van der Waals surface area contributed by atoms with Gasteiger partial charge in [-0.1, -0.05) is 54.1 Å². The highest BCUT2D eigenvalue weighted by molar-refractivity contribution is 7.15. The van der Waals surface area contributed by atoms with Gasteiger partial charge in [-0.3, -0.25) is 4.79 Å². The van der Waals surface area contributed by atoms with Gasteiger partial charge in [0.1, 0.15) is 17.2 Å². The Balaban J connectivity index is 1.73. The predicted octanol–water partition coefficient (Wildman–Crippen LogP) is 5.48. The maximum Gasteiger partial charge on any atom is 0.313 e. The number of carbonyl (C=O) groups excluding carboxylic acids is 1. The van der Waals surface area contributed by atoms with E-state index in [1.807, 2.05) is 30.3 Å². The molecule has 1 aromatic heterocycles. The Morgan fingerprint density at radius 2 is 2.00 bits per heavy atom. The van der Waals surface area contributed by atoms with Crippen LogP contribution in [0.25, 0.3) is 10.6 Å². The van der Waals surface area contributed by atoms with Gasteiger partial charge >= 0.3 is 5.97 Å². The number of aromatic nitrogens is 1. The highest BCUT2D eigenvalue weighted by atomic mass is 32.1. The number of nitrogens with zero attached hydrogens (tertiary/aromatic N) is 1. The highest BCUT2D eigenvalue weighted by Gasteiger charge is 2.29. The van der Waals surface area contributed by atoms with Crippen molar-refractivity contribution < 1.29 is 14.3 Å². The van der Waals surface area contributed by atoms with E-state index in [2.05, 4.69) is 37.3 Å². The molecule has 0 radical (unpaired) electrons. The summed E-state index contributed by atoms with van der Waals surface area (Å²) in [5, 5.41) is 0.917. The van der Waals surface area contributed by atoms with Crippen LogP contribution in [0.5, 0.6) is 5.88 Å². The van der Waals surface area contributed by atoms with Gasteiger partial charge in [-0.25, -0.2) is 4.98 Å². The molecule has 1 unspecified atom stereocenters. The Bertz CT molecular complexity index is 1020. The second-order valence-corrected chi connectivity index (χ2v) is 7.69. The summed E-state index contributed by atoms with van der Waals surface area (Å²) in [6.07, 6.45) is 2.11. The molecule has 0 amide bonds. The number of benzene rings is 2. The van der Waals surface area contributed by atoms with Gasteiger partial charge in [0, 0.05) is 11.5 Å². The Hall–Kier alpha value is -2.92. The first-order valence-electron chi connectivity index (χ1n) is 9.31. The molecule has 2 heterocycles. The van der Waals surface area contributed by atoms with E-state index < -0.39 is 0 Å². The number of esters is 1. The Morgan fingerprint density at radius 1 is 1.18 bits per heavy atom. The monoisotopic (exact) mass is 391 g/mol. The maximum atomic E-state index is 12.0. The van der Waals surface area contributed by atoms with Crippen molar-refractivity contribution >= 4 is 17.3 Å². The molecule has 0 spiro atoms. The van der Waals surface area contributed by atoms with Crippen LogP contribution in [0, 0.1) is 6.92 Å². The zero-order chi connectivity index (χ0) is 19.5. The smallest absolute Gasteiger partial charge is 0.313 e. The normalized spacial score (nSPS) is 15.4. The van der Waals surface area contributed by atoms with Gasteiger partial charge in [0.2, 0.25) is 5.88 Å². The van der Waals surface area contributed by atoms with Crippen molar-refractivity contribution in [1.29, 1.82) is 0 Å². The van der Waals surface area contributed by atoms with Crippen LogP contribution in [-0.4, -0.2) is 17.6 Å². The number of aryl methyl sites for hydroxylation is 1. The molecule has 0 fully saturated rings. The molecule has 0 saturated heterocycles. The van der Waals surface area contributed by atoms with Crippen molar-refractivity contribution in [2.45, 2.75) is 26.2 Å². The van der Waals surface area contributed by atoms with E-state index >= 15 is 0 Å². The van der Waals surface area contributed by atoms with Crippen molar-refractivity contribution in [2.24, 2.45) is 0 Å². The minimum Gasteiger partial charge on any atom is -0.466 e. The fraction of sp³-hybridized carbons (Fsp3) is 0.217. The average Bonchev–Trinajstić information content (AvgIpc) is 3.12. The average molecular weight is 391 g/mol. The van der Waals surface area contributed by atoms with E-state index in [4.69, 9.17) is 14.5 Å². The second kappa shape index (κ2) is 7.98. The Labute approximate surface area is 168 Å². The summed E-state index contributed by atoms with van der Waals surface area (Å²) in [7, 11) is 0. The van der Waals surface area contributed by atoms with E-state index in [9.17, 15) is 4.79 Å². The number of thiazole rings is 1. The third-order valence-corrected chi connectivity index (χ3v) is 5.70. The van der Waals surface area contributed by atoms with Crippen molar-refractivity contribution in [3.05, 3.63) is 82.4 Å². The summed E-state index contributed by atoms with van der Waals surface area (Å²) < 4.78 is 11.1. The number of hydrogen-bond donors (Lipinski definition) is 0. The standard InChI is InChI=1S/C23H21NO3S/c1-3-26-20(25)14-18-13-19(16-9-5-4-6-10-16)21-22(27-18)24-23(28-21)17-11-7-8-15(2)12-17/h4-13,19H,3,14H2,1-2H3. The Kier molecular flexibility index (Phi) is 5.26. The number of ether oxygens (including phenoxy) is 2. The third-order valence-electron chi connectivity index (χ3n) is 4.53. The fourth-order valence-corrected chi connectivity index (χ4v) is 4.35. The summed E-state index contributed by atoms with van der Waals surface area (Å²) in [6, 6.07) is 18.5. The molecule has 28 heavy (non-hydrogen) atoms. The van der Waals surface area contributed by atoms with Gasteiger partial charge in [0.05, 0.1) is 11.5 Å². The first-order chi connectivity index (χ1) is 13.6. The van der Waals surface area contributed by atoms with Crippen LogP contribution < -0.4 is 4.74 Å². The maximum absolute atomic E-state index is 12.0. The first kappa shape index (κ1) is 18.4. The minimum atomic E-state index is -0.293. The van der Waals surface area contributed by atoms with Crippen molar-refractivity contribution in [3.63, 3.8) is 0 Å². The molecule has 142 valence electrons. The lowest BCUT2D eigenvalue weighted by molar-refractivity contribution is -0.142. The lowest BCUT2D eigenvalue weighted by atomic mass is 9.95. The topological polar surface area (TPSA) is 48.4 Å². The van der Waals surface area contributed by atoms with Gasteiger partial charge in [0.15, 0.2) is 0 Å². The molecule has 4 rings (SSSR count). The van der Waals surface area contributed by atoms with Crippen LogP contribution in [-0.2, 0) is 9.53 Å². The van der Waals surface area contributed by atoms with Crippen LogP contribution >= 0.6 is 11.3 Å². The quantitative estimate of drug-likeness (QED) is 0.540. The number of rotatable bonds is 5. The molecule has 5 heteroatoms. The highest BCUT2D eigenvalue weighted by Crippen LogP contribution is 2.45. The molecule has 4 nitrogen and oxygen atoms in total. The van der Waals surface area contributed by atoms with Crippen LogP contribution in [0.3, 0.4) is 0 Å². The summed E-state index contributed by atoms with van der Waals surface area (Å²) >= 11 is 1.63. The molecule has 1 atom stereocenters. The first-order valence-corrected chi connectivity index (χ1v) is 10.1. The number of hydrogen-bond acceptors (Lipinski definition) is 5. The molecule has 1 aliphatic heterocycles. The SMILES string of the molecule is CCOC(=O)CC1=CC(c2ccccc2)c2sc(-c3cccc(C)c3)nc2O1. The van der Waals surface area contributed by atoms with Crippen LogP contribution in [0.15, 0.2) is 66.4 Å². The summed E-state index contributed by atoms with van der Waals surface area (Å²) in [5.41, 5.74) is 3.40. The van der Waals surface area contributed by atoms with Gasteiger partial charge in [0.25, 0.3) is 0 Å². The second-order valence-electron chi connectivity index (χ2n) is 6.66. The molecule has 3 aromatic rings.